The Labute approximate surface area is 110 Å². The van der Waals surface area contributed by atoms with Crippen molar-refractivity contribution in [2.45, 2.75) is 32.7 Å². The smallest absolute Gasteiger partial charge is 0.353 e. The number of carbonyl (C=O) groups is 2. The Morgan fingerprint density at radius 2 is 2.26 bits per heavy atom. The fourth-order valence-corrected chi connectivity index (χ4v) is 1.99. The number of nitrogens with zero attached hydrogens (tertiary/aromatic N) is 1. The van der Waals surface area contributed by atoms with Gasteiger partial charge in [0, 0.05) is 12.1 Å². The van der Waals surface area contributed by atoms with Crippen molar-refractivity contribution in [3.63, 3.8) is 0 Å². The highest BCUT2D eigenvalue weighted by Crippen LogP contribution is 2.29. The summed E-state index contributed by atoms with van der Waals surface area (Å²) in [4.78, 5) is 22.6. The Morgan fingerprint density at radius 1 is 1.53 bits per heavy atom. The van der Waals surface area contributed by atoms with Gasteiger partial charge in [0.25, 0.3) is 5.91 Å². The van der Waals surface area contributed by atoms with E-state index in [2.05, 4.69) is 35.4 Å². The minimum absolute atomic E-state index is 0.0227. The van der Waals surface area contributed by atoms with Gasteiger partial charge in [0.15, 0.2) is 5.69 Å². The number of aromatic nitrogens is 2. The highest BCUT2D eigenvalue weighted by molar-refractivity contribution is 5.95. The van der Waals surface area contributed by atoms with Crippen molar-refractivity contribution in [2.24, 2.45) is 5.41 Å². The molecule has 0 fully saturated rings. The van der Waals surface area contributed by atoms with E-state index in [0.29, 0.717) is 0 Å². The second-order valence-electron chi connectivity index (χ2n) is 5.44. The van der Waals surface area contributed by atoms with Gasteiger partial charge in [0.2, 0.25) is 0 Å². The lowest BCUT2D eigenvalue weighted by molar-refractivity contribution is 0.0690. The molecule has 6 heteroatoms. The molecule has 19 heavy (non-hydrogen) atoms. The first-order valence-corrected chi connectivity index (χ1v) is 6.16. The van der Waals surface area contributed by atoms with E-state index in [4.69, 9.17) is 5.11 Å². The number of aromatic carboxylic acids is 1. The molecule has 0 bridgehead atoms. The van der Waals surface area contributed by atoms with Crippen molar-refractivity contribution in [2.75, 3.05) is 0 Å². The molecule has 0 aliphatic heterocycles. The number of carboxylic acids is 1. The number of amides is 1. The molecule has 3 N–H and O–H groups in total. The van der Waals surface area contributed by atoms with Gasteiger partial charge < -0.3 is 10.4 Å². The quantitative estimate of drug-likeness (QED) is 0.721. The molecule has 1 heterocycles. The number of nitrogens with one attached hydrogen (secondary N) is 2. The van der Waals surface area contributed by atoms with Crippen LogP contribution in [0.5, 0.6) is 0 Å². The minimum Gasteiger partial charge on any atom is -0.477 e. The first-order chi connectivity index (χ1) is 8.87. The van der Waals surface area contributed by atoms with Crippen LogP contribution in [0.3, 0.4) is 0 Å². The number of aromatic amines is 1. The van der Waals surface area contributed by atoms with Crippen LogP contribution < -0.4 is 5.32 Å². The zero-order chi connectivity index (χ0) is 14.0. The zero-order valence-corrected chi connectivity index (χ0v) is 10.9. The lowest BCUT2D eigenvalue weighted by Gasteiger charge is -2.28. The Morgan fingerprint density at radius 3 is 2.79 bits per heavy atom. The van der Waals surface area contributed by atoms with E-state index < -0.39 is 5.97 Å². The van der Waals surface area contributed by atoms with Crippen molar-refractivity contribution in [1.29, 1.82) is 0 Å². The number of allylic oxidation sites excluding steroid dienone is 1. The summed E-state index contributed by atoms with van der Waals surface area (Å²) in [6.07, 6.45) is 5.93. The molecule has 0 saturated heterocycles. The number of hydrogen-bond donors (Lipinski definition) is 3. The standard InChI is InChI=1S/C13H17N3O3/c1-13(2)5-3-8(4-6-13)14-11(17)9-7-10(12(18)19)16-15-9/h3,5,7-8H,4,6H2,1-2H3,(H,14,17)(H,15,16)(H,18,19). The van der Waals surface area contributed by atoms with E-state index in [0.717, 1.165) is 12.8 Å². The summed E-state index contributed by atoms with van der Waals surface area (Å²) >= 11 is 0. The van der Waals surface area contributed by atoms with Crippen LogP contribution >= 0.6 is 0 Å². The SMILES string of the molecule is CC1(C)C=CC(NC(=O)c2cc(C(=O)O)[nH]n2)CC1. The van der Waals surface area contributed by atoms with Crippen LogP contribution in [0.4, 0.5) is 0 Å². The van der Waals surface area contributed by atoms with Crippen molar-refractivity contribution in [3.8, 4) is 0 Å². The van der Waals surface area contributed by atoms with Crippen LogP contribution in [-0.4, -0.2) is 33.2 Å². The minimum atomic E-state index is -1.13. The van der Waals surface area contributed by atoms with Crippen molar-refractivity contribution in [3.05, 3.63) is 29.6 Å². The van der Waals surface area contributed by atoms with Crippen LogP contribution in [0, 0.1) is 5.41 Å². The summed E-state index contributed by atoms with van der Waals surface area (Å²) in [5.74, 6) is -1.50. The van der Waals surface area contributed by atoms with Gasteiger partial charge in [-0.15, -0.1) is 0 Å². The van der Waals surface area contributed by atoms with E-state index in [9.17, 15) is 9.59 Å². The van der Waals surface area contributed by atoms with Crippen LogP contribution in [0.25, 0.3) is 0 Å². The third kappa shape index (κ3) is 3.21. The van der Waals surface area contributed by atoms with Crippen molar-refractivity contribution in [1.82, 2.24) is 15.5 Å². The van der Waals surface area contributed by atoms with Crippen molar-refractivity contribution < 1.29 is 14.7 Å². The number of carbonyl (C=O) groups excluding carboxylic acids is 1. The molecule has 1 unspecified atom stereocenters. The van der Waals surface area contributed by atoms with Crippen LogP contribution in [0.2, 0.25) is 0 Å². The number of rotatable bonds is 3. The fraction of sp³-hybridized carbons (Fsp3) is 0.462. The van der Waals surface area contributed by atoms with E-state index in [1.807, 2.05) is 6.08 Å². The molecule has 0 saturated carbocycles. The number of H-pyrrole nitrogens is 1. The lowest BCUT2D eigenvalue weighted by atomic mass is 9.81. The van der Waals surface area contributed by atoms with Crippen LogP contribution in [-0.2, 0) is 0 Å². The first-order valence-electron chi connectivity index (χ1n) is 6.16. The van der Waals surface area contributed by atoms with Gasteiger partial charge in [-0.1, -0.05) is 26.0 Å². The largest absolute Gasteiger partial charge is 0.477 e. The normalized spacial score (nSPS) is 21.1. The molecule has 1 atom stereocenters. The van der Waals surface area contributed by atoms with Crippen LogP contribution in [0.1, 0.15) is 47.7 Å². The maximum absolute atomic E-state index is 11.9. The van der Waals surface area contributed by atoms with Gasteiger partial charge in [0.05, 0.1) is 0 Å². The molecule has 1 aliphatic rings. The summed E-state index contributed by atoms with van der Waals surface area (Å²) in [5.41, 5.74) is 0.172. The Bertz CT molecular complexity index is 531. The van der Waals surface area contributed by atoms with E-state index in [1.54, 1.807) is 0 Å². The van der Waals surface area contributed by atoms with Crippen molar-refractivity contribution >= 4 is 11.9 Å². The van der Waals surface area contributed by atoms with Gasteiger partial charge in [-0.05, 0) is 18.3 Å². The van der Waals surface area contributed by atoms with E-state index in [1.165, 1.54) is 6.07 Å². The molecule has 0 aromatic carbocycles. The predicted molar refractivity (Wildman–Crippen MR) is 69.0 cm³/mol. The second-order valence-corrected chi connectivity index (χ2v) is 5.44. The first kappa shape index (κ1) is 13.3. The highest BCUT2D eigenvalue weighted by atomic mass is 16.4. The molecule has 2 rings (SSSR count). The average Bonchev–Trinajstić information content (AvgIpc) is 2.81. The molecule has 6 nitrogen and oxygen atoms in total. The summed E-state index contributed by atoms with van der Waals surface area (Å²) < 4.78 is 0. The summed E-state index contributed by atoms with van der Waals surface area (Å²) in [6, 6.07) is 1.21. The molecule has 1 amide bonds. The Kier molecular flexibility index (Phi) is 3.42. The summed E-state index contributed by atoms with van der Waals surface area (Å²) in [7, 11) is 0. The third-order valence-electron chi connectivity index (χ3n) is 3.24. The van der Waals surface area contributed by atoms with Crippen LogP contribution in [0.15, 0.2) is 18.2 Å². The Hall–Kier alpha value is -2.11. The third-order valence-corrected chi connectivity index (χ3v) is 3.24. The van der Waals surface area contributed by atoms with E-state index >= 15 is 0 Å². The molecular formula is C13H17N3O3. The lowest BCUT2D eigenvalue weighted by Crippen LogP contribution is -2.36. The summed E-state index contributed by atoms with van der Waals surface area (Å²) in [5, 5.41) is 17.6. The van der Waals surface area contributed by atoms with Gasteiger partial charge in [0.1, 0.15) is 5.69 Å². The topological polar surface area (TPSA) is 95.1 Å². The molecule has 1 aromatic rings. The molecule has 0 spiro atoms. The molecule has 0 radical (unpaired) electrons. The van der Waals surface area contributed by atoms with Gasteiger partial charge >= 0.3 is 5.97 Å². The zero-order valence-electron chi connectivity index (χ0n) is 10.9. The molecule has 1 aromatic heterocycles. The number of hydrogen-bond acceptors (Lipinski definition) is 3. The maximum Gasteiger partial charge on any atom is 0.353 e. The van der Waals surface area contributed by atoms with Gasteiger partial charge in [-0.2, -0.15) is 5.10 Å². The predicted octanol–water partition coefficient (Wildman–Crippen LogP) is 1.58. The molecule has 102 valence electrons. The van der Waals surface area contributed by atoms with Gasteiger partial charge in [-0.3, -0.25) is 9.89 Å². The average molecular weight is 263 g/mol. The Balaban J connectivity index is 2.00. The number of carboxylic acid groups (broad SMARTS) is 1. The second kappa shape index (κ2) is 4.87. The monoisotopic (exact) mass is 263 g/mol. The van der Waals surface area contributed by atoms with Gasteiger partial charge in [-0.25, -0.2) is 4.79 Å². The molecular weight excluding hydrogens is 246 g/mol. The summed E-state index contributed by atoms with van der Waals surface area (Å²) in [6.45, 7) is 4.29. The highest BCUT2D eigenvalue weighted by Gasteiger charge is 2.23. The van der Waals surface area contributed by atoms with E-state index in [-0.39, 0.29) is 28.8 Å². The maximum atomic E-state index is 11.9. The fourth-order valence-electron chi connectivity index (χ4n) is 1.99. The molecule has 1 aliphatic carbocycles.